The first kappa shape index (κ1) is 14.2. The van der Waals surface area contributed by atoms with Crippen molar-refractivity contribution in [2.75, 3.05) is 18.1 Å². The van der Waals surface area contributed by atoms with Crippen LogP contribution in [0.3, 0.4) is 0 Å². The molecule has 1 aromatic rings. The van der Waals surface area contributed by atoms with Crippen molar-refractivity contribution in [1.82, 2.24) is 0 Å². The van der Waals surface area contributed by atoms with Gasteiger partial charge in [-0.1, -0.05) is 0 Å². The predicted octanol–water partition coefficient (Wildman–Crippen LogP) is 2.52. The van der Waals surface area contributed by atoms with Crippen LogP contribution >= 0.6 is 0 Å². The van der Waals surface area contributed by atoms with Crippen LogP contribution in [0.15, 0.2) is 18.2 Å². The minimum Gasteiger partial charge on any atom is -0.490 e. The first-order valence-corrected chi connectivity index (χ1v) is 6.28. The zero-order valence-corrected chi connectivity index (χ0v) is 11.7. The lowest BCUT2D eigenvalue weighted by Crippen LogP contribution is -2.36. The lowest BCUT2D eigenvalue weighted by Gasteiger charge is -2.27. The third kappa shape index (κ3) is 3.01. The molecule has 1 N–H and O–H groups in total. The molecule has 1 aliphatic rings. The topological polar surface area (TPSA) is 76.1 Å². The zero-order valence-electron chi connectivity index (χ0n) is 11.7. The van der Waals surface area contributed by atoms with Crippen LogP contribution in [0.5, 0.6) is 5.75 Å². The van der Waals surface area contributed by atoms with Gasteiger partial charge in [0.15, 0.2) is 0 Å². The number of amides is 1. The molecule has 0 aromatic heterocycles. The van der Waals surface area contributed by atoms with E-state index in [1.54, 1.807) is 26.8 Å². The molecule has 6 nitrogen and oxygen atoms in total. The Labute approximate surface area is 116 Å². The summed E-state index contributed by atoms with van der Waals surface area (Å²) in [5.74, 6) is -0.0849. The molecular formula is C14H17NO5. The van der Waals surface area contributed by atoms with Crippen molar-refractivity contribution in [1.29, 1.82) is 0 Å². The van der Waals surface area contributed by atoms with E-state index in [9.17, 15) is 9.59 Å². The Morgan fingerprint density at radius 2 is 2.05 bits per heavy atom. The number of hydrogen-bond donors (Lipinski definition) is 1. The van der Waals surface area contributed by atoms with Crippen LogP contribution < -0.4 is 9.64 Å². The minimum atomic E-state index is -1.04. The van der Waals surface area contributed by atoms with E-state index in [0.29, 0.717) is 17.0 Å². The highest BCUT2D eigenvalue weighted by Gasteiger charge is 2.25. The lowest BCUT2D eigenvalue weighted by molar-refractivity contribution is 0.00691. The Kier molecular flexibility index (Phi) is 3.57. The van der Waals surface area contributed by atoms with Crippen molar-refractivity contribution < 1.29 is 24.2 Å². The number of nitrogens with zero attached hydrogens (tertiary/aromatic N) is 1. The van der Waals surface area contributed by atoms with Crippen molar-refractivity contribution in [3.63, 3.8) is 0 Å². The number of fused-ring (bicyclic) bond motifs is 1. The number of carbonyl (C=O) groups excluding carboxylic acids is 1. The highest BCUT2D eigenvalue weighted by atomic mass is 16.6. The molecule has 108 valence electrons. The average Bonchev–Trinajstić information content (AvgIpc) is 2.35. The van der Waals surface area contributed by atoms with Crippen LogP contribution in [0.4, 0.5) is 10.5 Å². The lowest BCUT2D eigenvalue weighted by atomic mass is 10.1. The van der Waals surface area contributed by atoms with E-state index >= 15 is 0 Å². The minimum absolute atomic E-state index is 0.261. The number of rotatable bonds is 1. The van der Waals surface area contributed by atoms with Crippen molar-refractivity contribution >= 4 is 17.7 Å². The molecule has 0 unspecified atom stereocenters. The Morgan fingerprint density at radius 3 is 2.65 bits per heavy atom. The first-order valence-electron chi connectivity index (χ1n) is 6.28. The van der Waals surface area contributed by atoms with Gasteiger partial charge in [0.2, 0.25) is 0 Å². The van der Waals surface area contributed by atoms with Crippen LogP contribution in [0.1, 0.15) is 31.1 Å². The van der Waals surface area contributed by atoms with Gasteiger partial charge in [-0.05, 0) is 39.0 Å². The van der Waals surface area contributed by atoms with E-state index in [1.165, 1.54) is 17.0 Å². The van der Waals surface area contributed by atoms with Crippen molar-refractivity contribution in [2.45, 2.75) is 26.4 Å². The largest absolute Gasteiger partial charge is 0.490 e. The fourth-order valence-electron chi connectivity index (χ4n) is 1.88. The number of anilines is 1. The van der Waals surface area contributed by atoms with Crippen LogP contribution in [-0.2, 0) is 4.74 Å². The van der Waals surface area contributed by atoms with Gasteiger partial charge in [-0.25, -0.2) is 9.59 Å². The highest BCUT2D eigenvalue weighted by molar-refractivity contribution is 5.94. The number of benzene rings is 1. The highest BCUT2D eigenvalue weighted by Crippen LogP contribution is 2.33. The van der Waals surface area contributed by atoms with Gasteiger partial charge in [0.05, 0.1) is 17.8 Å². The summed E-state index contributed by atoms with van der Waals surface area (Å²) in [5, 5.41) is 9.10. The third-order valence-corrected chi connectivity index (χ3v) is 2.69. The summed E-state index contributed by atoms with van der Waals surface area (Å²) in [7, 11) is 0. The molecule has 0 fully saturated rings. The number of hydrogen-bond acceptors (Lipinski definition) is 4. The Morgan fingerprint density at radius 1 is 1.35 bits per heavy atom. The normalized spacial score (nSPS) is 14.2. The number of ether oxygens (including phenoxy) is 2. The number of carbonyl (C=O) groups is 2. The van der Waals surface area contributed by atoms with E-state index in [-0.39, 0.29) is 13.2 Å². The smallest absolute Gasteiger partial charge is 0.412 e. The molecule has 2 rings (SSSR count). The molecule has 20 heavy (non-hydrogen) atoms. The van der Waals surface area contributed by atoms with Gasteiger partial charge in [-0.2, -0.15) is 0 Å². The van der Waals surface area contributed by atoms with Crippen molar-refractivity contribution in [2.24, 2.45) is 0 Å². The van der Waals surface area contributed by atoms with Crippen LogP contribution in [-0.4, -0.2) is 35.9 Å². The van der Waals surface area contributed by atoms with Gasteiger partial charge in [0, 0.05) is 0 Å². The van der Waals surface area contributed by atoms with Crippen LogP contribution in [0, 0.1) is 0 Å². The molecular weight excluding hydrogens is 262 g/mol. The second-order valence-corrected chi connectivity index (χ2v) is 5.47. The molecule has 0 saturated carbocycles. The zero-order chi connectivity index (χ0) is 14.9. The Hall–Kier alpha value is -2.24. The summed E-state index contributed by atoms with van der Waals surface area (Å²) in [6.07, 6.45) is -1.04. The molecule has 0 spiro atoms. The van der Waals surface area contributed by atoms with E-state index in [0.717, 1.165) is 0 Å². The van der Waals surface area contributed by atoms with Gasteiger partial charge in [-0.3, -0.25) is 4.90 Å². The first-order chi connectivity index (χ1) is 9.28. The predicted molar refractivity (Wildman–Crippen MR) is 72.5 cm³/mol. The van der Waals surface area contributed by atoms with Crippen molar-refractivity contribution in [3.8, 4) is 5.75 Å². The summed E-state index contributed by atoms with van der Waals surface area (Å²) in [6, 6.07) is 4.61. The van der Waals surface area contributed by atoms with E-state index in [4.69, 9.17) is 14.6 Å². The van der Waals surface area contributed by atoms with E-state index < -0.39 is 17.7 Å². The molecule has 0 saturated heterocycles. The van der Waals surface area contributed by atoms with Gasteiger partial charge >= 0.3 is 12.1 Å². The summed E-state index contributed by atoms with van der Waals surface area (Å²) < 4.78 is 10.7. The third-order valence-electron chi connectivity index (χ3n) is 2.69. The molecule has 1 amide bonds. The molecule has 0 aliphatic carbocycles. The maximum Gasteiger partial charge on any atom is 0.412 e. The molecule has 1 aliphatic heterocycles. The maximum atomic E-state index is 12.0. The molecule has 1 heterocycles. The van der Waals surface area contributed by atoms with Gasteiger partial charge < -0.3 is 14.6 Å². The summed E-state index contributed by atoms with van der Waals surface area (Å²) >= 11 is 0. The van der Waals surface area contributed by atoms with Gasteiger partial charge in [0.25, 0.3) is 0 Å². The fourth-order valence-corrected chi connectivity index (χ4v) is 1.88. The van der Waals surface area contributed by atoms with Crippen molar-refractivity contribution in [3.05, 3.63) is 23.8 Å². The maximum absolute atomic E-state index is 12.0. The van der Waals surface area contributed by atoms with Gasteiger partial charge in [0.1, 0.15) is 18.0 Å². The Balaban J connectivity index is 2.28. The Bertz CT molecular complexity index is 547. The monoisotopic (exact) mass is 279 g/mol. The summed E-state index contributed by atoms with van der Waals surface area (Å²) in [4.78, 5) is 24.2. The summed E-state index contributed by atoms with van der Waals surface area (Å²) in [5.41, 5.74) is 0.197. The van der Waals surface area contributed by atoms with E-state index in [2.05, 4.69) is 0 Å². The van der Waals surface area contributed by atoms with Gasteiger partial charge in [-0.15, -0.1) is 0 Å². The van der Waals surface area contributed by atoms with E-state index in [1.807, 2.05) is 0 Å². The number of carboxylic acid groups (broad SMARTS) is 1. The second-order valence-electron chi connectivity index (χ2n) is 5.47. The molecule has 0 atom stereocenters. The summed E-state index contributed by atoms with van der Waals surface area (Å²) in [6.45, 7) is 5.88. The average molecular weight is 279 g/mol. The SMILES string of the molecule is CC(C)(C)OC(=O)c1ccc2c(c1)OCCN2C(=O)O. The van der Waals surface area contributed by atoms with Crippen LogP contribution in [0.25, 0.3) is 0 Å². The standard InChI is InChI=1S/C14H17NO5/c1-14(2,3)20-12(16)9-4-5-10-11(8-9)19-7-6-15(10)13(17)18/h4-5,8H,6-7H2,1-3H3,(H,17,18). The van der Waals surface area contributed by atoms with Crippen LogP contribution in [0.2, 0.25) is 0 Å². The second kappa shape index (κ2) is 5.03. The molecule has 0 radical (unpaired) electrons. The quantitative estimate of drug-likeness (QED) is 0.799. The molecule has 6 heteroatoms. The fraction of sp³-hybridized carbons (Fsp3) is 0.429. The number of esters is 1. The molecule has 1 aromatic carbocycles. The molecule has 0 bridgehead atoms.